The molecule has 1 aromatic carbocycles. The minimum atomic E-state index is -3.65. The summed E-state index contributed by atoms with van der Waals surface area (Å²) in [6.45, 7) is 3.41. The van der Waals surface area contributed by atoms with Crippen molar-refractivity contribution in [3.8, 4) is 0 Å². The van der Waals surface area contributed by atoms with Crippen LogP contribution in [0.25, 0.3) is 0 Å². The quantitative estimate of drug-likeness (QED) is 0.856. The SMILES string of the molecule is C[C@H]1CCCC[C@H]1N1CN=C(NS(=O)(=O)c2ccc(Cl)cc2)NC1. The van der Waals surface area contributed by atoms with Gasteiger partial charge in [-0.2, -0.15) is 0 Å². The van der Waals surface area contributed by atoms with Crippen molar-refractivity contribution >= 4 is 27.6 Å². The first kappa shape index (κ1) is 17.5. The highest BCUT2D eigenvalue weighted by molar-refractivity contribution is 7.90. The average Bonchev–Trinajstić information content (AvgIpc) is 2.56. The smallest absolute Gasteiger partial charge is 0.264 e. The van der Waals surface area contributed by atoms with Gasteiger partial charge in [-0.25, -0.2) is 18.1 Å². The molecule has 0 unspecified atom stereocenters. The molecule has 1 fully saturated rings. The molecule has 0 radical (unpaired) electrons. The van der Waals surface area contributed by atoms with E-state index in [2.05, 4.69) is 26.9 Å². The minimum Gasteiger partial charge on any atom is -0.343 e. The third-order valence-electron chi connectivity index (χ3n) is 4.75. The van der Waals surface area contributed by atoms with Gasteiger partial charge in [0.15, 0.2) is 0 Å². The Labute approximate surface area is 148 Å². The molecule has 1 aliphatic carbocycles. The normalized spacial score (nSPS) is 25.7. The van der Waals surface area contributed by atoms with Crippen LogP contribution >= 0.6 is 11.6 Å². The fourth-order valence-electron chi connectivity index (χ4n) is 3.37. The summed E-state index contributed by atoms with van der Waals surface area (Å²) >= 11 is 5.80. The molecule has 0 saturated heterocycles. The lowest BCUT2D eigenvalue weighted by molar-refractivity contribution is 0.106. The lowest BCUT2D eigenvalue weighted by Gasteiger charge is -2.39. The number of nitrogens with zero attached hydrogens (tertiary/aromatic N) is 2. The van der Waals surface area contributed by atoms with Crippen LogP contribution < -0.4 is 10.0 Å². The van der Waals surface area contributed by atoms with Crippen molar-refractivity contribution < 1.29 is 8.42 Å². The molecular weight excluding hydrogens is 348 g/mol. The zero-order chi connectivity index (χ0) is 17.2. The van der Waals surface area contributed by atoms with Crippen molar-refractivity contribution in [1.29, 1.82) is 0 Å². The number of benzene rings is 1. The second-order valence-electron chi connectivity index (χ2n) is 6.46. The summed E-state index contributed by atoms with van der Waals surface area (Å²) in [5.74, 6) is 0.952. The van der Waals surface area contributed by atoms with Crippen LogP contribution in [0, 0.1) is 5.92 Å². The van der Waals surface area contributed by atoms with Crippen molar-refractivity contribution in [1.82, 2.24) is 14.9 Å². The number of halogens is 1. The Bertz CT molecular complexity index is 705. The van der Waals surface area contributed by atoms with E-state index >= 15 is 0 Å². The van der Waals surface area contributed by atoms with E-state index in [9.17, 15) is 8.42 Å². The highest BCUT2D eigenvalue weighted by Crippen LogP contribution is 2.28. The van der Waals surface area contributed by atoms with Crippen LogP contribution in [0.4, 0.5) is 0 Å². The van der Waals surface area contributed by atoms with E-state index in [1.165, 1.54) is 37.8 Å². The summed E-state index contributed by atoms with van der Waals surface area (Å²) in [4.78, 5) is 6.81. The number of hydrogen-bond acceptors (Lipinski definition) is 5. The number of aliphatic imine (C=N–C) groups is 1. The zero-order valence-electron chi connectivity index (χ0n) is 13.7. The fourth-order valence-corrected chi connectivity index (χ4v) is 4.50. The van der Waals surface area contributed by atoms with Crippen LogP contribution in [-0.4, -0.2) is 38.7 Å². The Morgan fingerprint density at radius 1 is 1.25 bits per heavy atom. The Morgan fingerprint density at radius 2 is 1.96 bits per heavy atom. The predicted molar refractivity (Wildman–Crippen MR) is 95.3 cm³/mol. The van der Waals surface area contributed by atoms with Crippen LogP contribution in [0.15, 0.2) is 34.2 Å². The van der Waals surface area contributed by atoms with Gasteiger partial charge in [0.1, 0.15) is 0 Å². The molecule has 2 atom stereocenters. The second-order valence-corrected chi connectivity index (χ2v) is 8.58. The summed E-state index contributed by atoms with van der Waals surface area (Å²) in [7, 11) is -3.65. The van der Waals surface area contributed by atoms with E-state index < -0.39 is 10.0 Å². The Balaban J connectivity index is 1.63. The van der Waals surface area contributed by atoms with Gasteiger partial charge in [0.25, 0.3) is 10.0 Å². The summed E-state index contributed by atoms with van der Waals surface area (Å²) in [6.07, 6.45) is 4.99. The maximum absolute atomic E-state index is 12.4. The van der Waals surface area contributed by atoms with E-state index in [1.807, 2.05) is 0 Å². The largest absolute Gasteiger partial charge is 0.343 e. The molecule has 2 aliphatic rings. The number of rotatable bonds is 3. The summed E-state index contributed by atoms with van der Waals surface area (Å²) in [5, 5.41) is 3.58. The molecule has 2 N–H and O–H groups in total. The standard InChI is InChI=1S/C16H23ClN4O2S/c1-12-4-2-3-5-15(12)21-10-18-16(19-11-21)20-24(22,23)14-8-6-13(17)7-9-14/h6-9,12,15H,2-5,10-11H2,1H3,(H2,18,19,20)/t12-,15+/m0/s1. The monoisotopic (exact) mass is 370 g/mol. The molecule has 1 heterocycles. The maximum atomic E-state index is 12.4. The van der Waals surface area contributed by atoms with E-state index in [-0.39, 0.29) is 4.90 Å². The molecule has 3 rings (SSSR count). The lowest BCUT2D eigenvalue weighted by atomic mass is 9.85. The topological polar surface area (TPSA) is 73.8 Å². The van der Waals surface area contributed by atoms with Crippen molar-refractivity contribution in [3.63, 3.8) is 0 Å². The zero-order valence-corrected chi connectivity index (χ0v) is 15.3. The minimum absolute atomic E-state index is 0.166. The number of guanidine groups is 1. The van der Waals surface area contributed by atoms with E-state index in [1.54, 1.807) is 12.1 Å². The molecule has 0 bridgehead atoms. The molecule has 0 aromatic heterocycles. The van der Waals surface area contributed by atoms with Crippen LogP contribution in [-0.2, 0) is 10.0 Å². The second kappa shape index (κ2) is 7.29. The Morgan fingerprint density at radius 3 is 2.58 bits per heavy atom. The highest BCUT2D eigenvalue weighted by atomic mass is 35.5. The van der Waals surface area contributed by atoms with Gasteiger partial charge in [0.2, 0.25) is 5.96 Å². The van der Waals surface area contributed by atoms with Gasteiger partial charge in [-0.3, -0.25) is 4.90 Å². The van der Waals surface area contributed by atoms with Crippen LogP contribution in [0.1, 0.15) is 32.6 Å². The molecule has 132 valence electrons. The third kappa shape index (κ3) is 4.02. The highest BCUT2D eigenvalue weighted by Gasteiger charge is 2.29. The van der Waals surface area contributed by atoms with Crippen LogP contribution in [0.3, 0.4) is 0 Å². The van der Waals surface area contributed by atoms with Crippen molar-refractivity contribution in [2.45, 2.75) is 43.5 Å². The van der Waals surface area contributed by atoms with Crippen molar-refractivity contribution in [2.24, 2.45) is 10.9 Å². The van der Waals surface area contributed by atoms with Gasteiger partial charge in [-0.05, 0) is 43.0 Å². The van der Waals surface area contributed by atoms with Gasteiger partial charge in [0, 0.05) is 11.1 Å². The van der Waals surface area contributed by atoms with Crippen molar-refractivity contribution in [2.75, 3.05) is 13.3 Å². The molecule has 6 nitrogen and oxygen atoms in total. The van der Waals surface area contributed by atoms with Gasteiger partial charge in [-0.1, -0.05) is 31.4 Å². The Kier molecular flexibility index (Phi) is 5.32. The molecule has 1 aliphatic heterocycles. The molecule has 1 saturated carbocycles. The van der Waals surface area contributed by atoms with Gasteiger partial charge in [0.05, 0.1) is 18.2 Å². The van der Waals surface area contributed by atoms with Gasteiger partial charge < -0.3 is 5.32 Å². The summed E-state index contributed by atoms with van der Waals surface area (Å²) in [6, 6.07) is 6.58. The predicted octanol–water partition coefficient (Wildman–Crippen LogP) is 2.37. The molecule has 0 spiro atoms. The molecule has 8 heteroatoms. The van der Waals surface area contributed by atoms with E-state index in [0.29, 0.717) is 36.3 Å². The summed E-state index contributed by atoms with van der Waals surface area (Å²) < 4.78 is 27.2. The third-order valence-corrected chi connectivity index (χ3v) is 6.36. The lowest BCUT2D eigenvalue weighted by Crippen LogP contribution is -2.54. The number of hydrogen-bond donors (Lipinski definition) is 2. The number of nitrogens with one attached hydrogen (secondary N) is 2. The number of sulfonamides is 1. The Hall–Kier alpha value is -1.31. The molecular formula is C16H23ClN4O2S. The first-order valence-electron chi connectivity index (χ1n) is 8.26. The van der Waals surface area contributed by atoms with Crippen LogP contribution in [0.2, 0.25) is 5.02 Å². The molecule has 1 aromatic rings. The first-order chi connectivity index (χ1) is 11.5. The van der Waals surface area contributed by atoms with E-state index in [0.717, 1.165) is 0 Å². The molecule has 24 heavy (non-hydrogen) atoms. The van der Waals surface area contributed by atoms with E-state index in [4.69, 9.17) is 11.6 Å². The van der Waals surface area contributed by atoms with Gasteiger partial charge in [-0.15, -0.1) is 0 Å². The maximum Gasteiger partial charge on any atom is 0.264 e. The first-order valence-corrected chi connectivity index (χ1v) is 10.1. The molecule has 0 amide bonds. The average molecular weight is 371 g/mol. The van der Waals surface area contributed by atoms with Crippen LogP contribution in [0.5, 0.6) is 0 Å². The van der Waals surface area contributed by atoms with Gasteiger partial charge >= 0.3 is 0 Å². The fraction of sp³-hybridized carbons (Fsp3) is 0.562. The summed E-state index contributed by atoms with van der Waals surface area (Å²) in [5.41, 5.74) is 0. The van der Waals surface area contributed by atoms with Crippen molar-refractivity contribution in [3.05, 3.63) is 29.3 Å².